The monoisotopic (exact) mass is 214 g/mol. The second-order valence-electron chi connectivity index (χ2n) is 4.67. The van der Waals surface area contributed by atoms with Crippen LogP contribution in [0.3, 0.4) is 0 Å². The van der Waals surface area contributed by atoms with Gasteiger partial charge in [-0.3, -0.25) is 0 Å². The summed E-state index contributed by atoms with van der Waals surface area (Å²) < 4.78 is 6.12. The van der Waals surface area contributed by atoms with Crippen LogP contribution in [0.1, 0.15) is 58.8 Å². The minimum atomic E-state index is 0.301. The van der Waals surface area contributed by atoms with Crippen LogP contribution in [-0.4, -0.2) is 23.9 Å². The Hall–Kier alpha value is -0.0800. The molecule has 2 nitrogen and oxygen atoms in total. The molecular weight excluding hydrogens is 188 g/mol. The number of aliphatic hydroxyl groups excluding tert-OH is 1. The molecule has 1 N–H and O–H groups in total. The van der Waals surface area contributed by atoms with Gasteiger partial charge >= 0.3 is 0 Å². The lowest BCUT2D eigenvalue weighted by atomic mass is 9.89. The zero-order chi connectivity index (χ0) is 11.1. The highest BCUT2D eigenvalue weighted by atomic mass is 16.5. The van der Waals surface area contributed by atoms with Crippen molar-refractivity contribution < 1.29 is 9.84 Å². The third kappa shape index (κ3) is 4.12. The third-order valence-electron chi connectivity index (χ3n) is 3.64. The fourth-order valence-corrected chi connectivity index (χ4v) is 2.62. The Morgan fingerprint density at radius 1 is 1.27 bits per heavy atom. The van der Waals surface area contributed by atoms with E-state index in [0.29, 0.717) is 18.8 Å². The fraction of sp³-hybridized carbons (Fsp3) is 1.00. The summed E-state index contributed by atoms with van der Waals surface area (Å²) in [4.78, 5) is 0. The van der Waals surface area contributed by atoms with Crippen molar-refractivity contribution in [3.63, 3.8) is 0 Å². The highest BCUT2D eigenvalue weighted by Crippen LogP contribution is 2.29. The van der Waals surface area contributed by atoms with Crippen LogP contribution in [-0.2, 0) is 4.74 Å². The van der Waals surface area contributed by atoms with E-state index in [9.17, 15) is 0 Å². The number of rotatable bonds is 6. The van der Waals surface area contributed by atoms with Gasteiger partial charge in [-0.05, 0) is 38.0 Å². The molecule has 0 aliphatic carbocycles. The Balaban J connectivity index is 2.33. The summed E-state index contributed by atoms with van der Waals surface area (Å²) in [6.07, 6.45) is 9.01. The molecule has 0 amide bonds. The summed E-state index contributed by atoms with van der Waals surface area (Å²) in [6.45, 7) is 4.82. The highest BCUT2D eigenvalue weighted by molar-refractivity contribution is 4.76. The van der Waals surface area contributed by atoms with Crippen LogP contribution in [0.4, 0.5) is 0 Å². The molecule has 0 spiro atoms. The van der Waals surface area contributed by atoms with Crippen molar-refractivity contribution in [2.45, 2.75) is 71.0 Å². The van der Waals surface area contributed by atoms with Crippen molar-refractivity contribution in [3.05, 3.63) is 0 Å². The minimum Gasteiger partial charge on any atom is -0.396 e. The molecule has 90 valence electrons. The van der Waals surface area contributed by atoms with E-state index in [1.54, 1.807) is 0 Å². The van der Waals surface area contributed by atoms with Gasteiger partial charge in [0.1, 0.15) is 0 Å². The van der Waals surface area contributed by atoms with E-state index in [1.807, 2.05) is 0 Å². The zero-order valence-electron chi connectivity index (χ0n) is 10.2. The molecule has 2 heteroatoms. The molecule has 0 aromatic heterocycles. The van der Waals surface area contributed by atoms with Crippen molar-refractivity contribution in [3.8, 4) is 0 Å². The van der Waals surface area contributed by atoms with Crippen molar-refractivity contribution in [2.24, 2.45) is 5.92 Å². The predicted octanol–water partition coefficient (Wildman–Crippen LogP) is 3.13. The van der Waals surface area contributed by atoms with Gasteiger partial charge in [-0.15, -0.1) is 0 Å². The van der Waals surface area contributed by atoms with Gasteiger partial charge in [0.25, 0.3) is 0 Å². The summed E-state index contributed by atoms with van der Waals surface area (Å²) in [7, 11) is 0. The molecule has 1 heterocycles. The van der Waals surface area contributed by atoms with E-state index in [1.165, 1.54) is 32.1 Å². The maximum absolute atomic E-state index is 8.81. The summed E-state index contributed by atoms with van der Waals surface area (Å²) >= 11 is 0. The van der Waals surface area contributed by atoms with Gasteiger partial charge in [0.05, 0.1) is 12.2 Å². The van der Waals surface area contributed by atoms with Crippen molar-refractivity contribution in [2.75, 3.05) is 6.61 Å². The van der Waals surface area contributed by atoms with Crippen LogP contribution in [0.25, 0.3) is 0 Å². The SMILES string of the molecule is CCC(CC)[C@H]1CCC[C@@H](CCCO)O1. The Labute approximate surface area is 94.0 Å². The van der Waals surface area contributed by atoms with Gasteiger partial charge in [0.15, 0.2) is 0 Å². The molecule has 0 aromatic carbocycles. The first-order chi connectivity index (χ1) is 7.31. The second kappa shape index (κ2) is 7.24. The average Bonchev–Trinajstić information content (AvgIpc) is 2.29. The maximum Gasteiger partial charge on any atom is 0.0606 e. The van der Waals surface area contributed by atoms with E-state index in [0.717, 1.165) is 18.8 Å². The summed E-state index contributed by atoms with van der Waals surface area (Å²) in [5.74, 6) is 0.738. The largest absolute Gasteiger partial charge is 0.396 e. The van der Waals surface area contributed by atoms with Crippen LogP contribution in [0.5, 0.6) is 0 Å². The molecule has 2 atom stereocenters. The second-order valence-corrected chi connectivity index (χ2v) is 4.67. The number of aliphatic hydroxyl groups is 1. The first-order valence-electron chi connectivity index (χ1n) is 6.58. The quantitative estimate of drug-likeness (QED) is 0.736. The molecular formula is C13H26O2. The number of hydrogen-bond donors (Lipinski definition) is 1. The van der Waals surface area contributed by atoms with Gasteiger partial charge in [0, 0.05) is 6.61 Å². The van der Waals surface area contributed by atoms with Gasteiger partial charge in [-0.1, -0.05) is 26.7 Å². The van der Waals surface area contributed by atoms with Crippen LogP contribution in [0.15, 0.2) is 0 Å². The Morgan fingerprint density at radius 3 is 2.60 bits per heavy atom. The lowest BCUT2D eigenvalue weighted by molar-refractivity contribution is -0.0829. The molecule has 0 unspecified atom stereocenters. The Bertz CT molecular complexity index is 155. The molecule has 0 bridgehead atoms. The van der Waals surface area contributed by atoms with E-state index >= 15 is 0 Å². The van der Waals surface area contributed by atoms with Crippen LogP contribution >= 0.6 is 0 Å². The number of hydrogen-bond acceptors (Lipinski definition) is 2. The van der Waals surface area contributed by atoms with Crippen molar-refractivity contribution >= 4 is 0 Å². The summed E-state index contributed by atoms with van der Waals surface area (Å²) in [5, 5.41) is 8.81. The first kappa shape index (κ1) is 13.0. The Morgan fingerprint density at radius 2 is 2.00 bits per heavy atom. The molecule has 1 fully saturated rings. The topological polar surface area (TPSA) is 29.5 Å². The van der Waals surface area contributed by atoms with Crippen LogP contribution in [0, 0.1) is 5.92 Å². The maximum atomic E-state index is 8.81. The Kier molecular flexibility index (Phi) is 6.26. The molecule has 1 rings (SSSR count). The standard InChI is InChI=1S/C13H26O2/c1-3-11(4-2)13-9-5-7-12(15-13)8-6-10-14/h11-14H,3-10H2,1-2H3/t12-,13+/m0/s1. The van der Waals surface area contributed by atoms with Crippen LogP contribution in [0.2, 0.25) is 0 Å². The first-order valence-corrected chi connectivity index (χ1v) is 6.58. The van der Waals surface area contributed by atoms with Crippen molar-refractivity contribution in [1.82, 2.24) is 0 Å². The number of ether oxygens (including phenoxy) is 1. The van der Waals surface area contributed by atoms with Crippen LogP contribution < -0.4 is 0 Å². The van der Waals surface area contributed by atoms with E-state index in [2.05, 4.69) is 13.8 Å². The molecule has 0 saturated carbocycles. The molecule has 15 heavy (non-hydrogen) atoms. The van der Waals surface area contributed by atoms with Gasteiger partial charge in [-0.25, -0.2) is 0 Å². The predicted molar refractivity (Wildman–Crippen MR) is 62.9 cm³/mol. The molecule has 0 radical (unpaired) electrons. The van der Waals surface area contributed by atoms with Gasteiger partial charge in [0.2, 0.25) is 0 Å². The highest BCUT2D eigenvalue weighted by Gasteiger charge is 2.26. The summed E-state index contributed by atoms with van der Waals surface area (Å²) in [6, 6.07) is 0. The summed E-state index contributed by atoms with van der Waals surface area (Å²) in [5.41, 5.74) is 0. The third-order valence-corrected chi connectivity index (χ3v) is 3.64. The lowest BCUT2D eigenvalue weighted by Gasteiger charge is -2.34. The molecule has 1 saturated heterocycles. The fourth-order valence-electron chi connectivity index (χ4n) is 2.62. The lowest BCUT2D eigenvalue weighted by Crippen LogP contribution is -2.33. The molecule has 1 aliphatic rings. The smallest absolute Gasteiger partial charge is 0.0606 e. The molecule has 1 aliphatic heterocycles. The van der Waals surface area contributed by atoms with Gasteiger partial charge < -0.3 is 9.84 Å². The average molecular weight is 214 g/mol. The zero-order valence-corrected chi connectivity index (χ0v) is 10.2. The van der Waals surface area contributed by atoms with Crippen molar-refractivity contribution in [1.29, 1.82) is 0 Å². The normalized spacial score (nSPS) is 27.2. The minimum absolute atomic E-state index is 0.301. The van der Waals surface area contributed by atoms with E-state index in [-0.39, 0.29) is 0 Å². The molecule has 0 aromatic rings. The van der Waals surface area contributed by atoms with E-state index in [4.69, 9.17) is 9.84 Å². The van der Waals surface area contributed by atoms with Gasteiger partial charge in [-0.2, -0.15) is 0 Å². The van der Waals surface area contributed by atoms with E-state index < -0.39 is 0 Å².